The zero-order valence-electron chi connectivity index (χ0n) is 7.72. The Morgan fingerprint density at radius 2 is 2.13 bits per heavy atom. The Labute approximate surface area is 90.1 Å². The Balaban J connectivity index is 3.46. The van der Waals surface area contributed by atoms with E-state index in [2.05, 4.69) is 0 Å². The number of halogens is 3. The number of nitriles is 1. The quantitative estimate of drug-likeness (QED) is 0.730. The van der Waals surface area contributed by atoms with Gasteiger partial charge in [-0.1, -0.05) is 11.6 Å². The molecule has 0 aliphatic heterocycles. The molecule has 0 spiro atoms. The molecular formula is C10H6ClF2NO. The third kappa shape index (κ3) is 2.31. The second kappa shape index (κ2) is 4.37. The highest BCUT2D eigenvalue weighted by molar-refractivity contribution is 6.34. The van der Waals surface area contributed by atoms with E-state index in [1.54, 1.807) is 6.07 Å². The molecule has 5 heteroatoms. The number of nitrogens with zero attached hydrogens (tertiary/aromatic N) is 1. The van der Waals surface area contributed by atoms with Crippen molar-refractivity contribution in [2.75, 3.05) is 0 Å². The highest BCUT2D eigenvalue weighted by Gasteiger charge is 2.17. The monoisotopic (exact) mass is 229 g/mol. The highest BCUT2D eigenvalue weighted by Crippen LogP contribution is 2.28. The molecule has 0 atom stereocenters. The molecule has 0 saturated carbocycles. The normalized spacial score (nSPS) is 10.1. The molecule has 0 aliphatic carbocycles. The summed E-state index contributed by atoms with van der Waals surface area (Å²) in [5.41, 5.74) is -0.490. The smallest absolute Gasteiger partial charge is 0.263 e. The second-order valence-electron chi connectivity index (χ2n) is 2.89. The van der Waals surface area contributed by atoms with Gasteiger partial charge in [-0.2, -0.15) is 5.26 Å². The number of ketones is 1. The van der Waals surface area contributed by atoms with Crippen LogP contribution in [0.15, 0.2) is 12.1 Å². The average Bonchev–Trinajstić information content (AvgIpc) is 2.15. The van der Waals surface area contributed by atoms with Crippen molar-refractivity contribution in [3.05, 3.63) is 33.8 Å². The molecular weight excluding hydrogens is 224 g/mol. The first-order valence-corrected chi connectivity index (χ1v) is 4.37. The highest BCUT2D eigenvalue weighted by atomic mass is 35.5. The van der Waals surface area contributed by atoms with Gasteiger partial charge in [0.2, 0.25) is 0 Å². The molecule has 0 aliphatic rings. The second-order valence-corrected chi connectivity index (χ2v) is 3.30. The van der Waals surface area contributed by atoms with E-state index in [-0.39, 0.29) is 21.7 Å². The van der Waals surface area contributed by atoms with Crippen molar-refractivity contribution in [1.29, 1.82) is 5.26 Å². The minimum atomic E-state index is -2.71. The zero-order valence-corrected chi connectivity index (χ0v) is 8.48. The predicted octanol–water partition coefficient (Wildman–Crippen LogP) is 3.35. The first-order valence-electron chi connectivity index (χ1n) is 4.00. The summed E-state index contributed by atoms with van der Waals surface area (Å²) in [5, 5.41) is 8.58. The molecule has 2 nitrogen and oxygen atoms in total. The van der Waals surface area contributed by atoms with Crippen LogP contribution in [-0.2, 0) is 0 Å². The fourth-order valence-corrected chi connectivity index (χ4v) is 1.56. The number of hydrogen-bond acceptors (Lipinski definition) is 2. The summed E-state index contributed by atoms with van der Waals surface area (Å²) in [7, 11) is 0. The average molecular weight is 230 g/mol. The molecule has 0 amide bonds. The summed E-state index contributed by atoms with van der Waals surface area (Å²) in [6.07, 6.45) is -2.71. The molecule has 1 rings (SSSR count). The Bertz CT molecular complexity index is 451. The summed E-state index contributed by atoms with van der Waals surface area (Å²) in [6, 6.07) is 3.66. The number of carbonyl (C=O) groups is 1. The van der Waals surface area contributed by atoms with E-state index in [1.165, 1.54) is 6.92 Å². The van der Waals surface area contributed by atoms with Crippen LogP contribution in [0.5, 0.6) is 0 Å². The van der Waals surface area contributed by atoms with Gasteiger partial charge in [-0.3, -0.25) is 4.79 Å². The number of benzene rings is 1. The summed E-state index contributed by atoms with van der Waals surface area (Å²) in [4.78, 5) is 11.1. The predicted molar refractivity (Wildman–Crippen MR) is 51.1 cm³/mol. The van der Waals surface area contributed by atoms with Crippen molar-refractivity contribution in [3.8, 4) is 6.07 Å². The summed E-state index contributed by atoms with van der Waals surface area (Å²) < 4.78 is 24.7. The summed E-state index contributed by atoms with van der Waals surface area (Å²) >= 11 is 5.65. The Morgan fingerprint density at radius 1 is 1.53 bits per heavy atom. The number of rotatable bonds is 2. The van der Waals surface area contributed by atoms with Gasteiger partial charge in [-0.05, 0) is 19.1 Å². The van der Waals surface area contributed by atoms with Crippen LogP contribution in [0.1, 0.15) is 34.8 Å². The topological polar surface area (TPSA) is 40.9 Å². The zero-order chi connectivity index (χ0) is 11.6. The van der Waals surface area contributed by atoms with E-state index in [4.69, 9.17) is 16.9 Å². The first kappa shape index (κ1) is 11.6. The van der Waals surface area contributed by atoms with Gasteiger partial charge in [-0.25, -0.2) is 8.78 Å². The molecule has 0 heterocycles. The maximum atomic E-state index is 12.3. The Kier molecular flexibility index (Phi) is 3.38. The first-order chi connectivity index (χ1) is 6.97. The van der Waals surface area contributed by atoms with Crippen molar-refractivity contribution in [2.45, 2.75) is 13.3 Å². The van der Waals surface area contributed by atoms with E-state index in [0.29, 0.717) is 0 Å². The van der Waals surface area contributed by atoms with Gasteiger partial charge in [-0.15, -0.1) is 0 Å². The van der Waals surface area contributed by atoms with Gasteiger partial charge in [0.1, 0.15) is 0 Å². The third-order valence-electron chi connectivity index (χ3n) is 1.84. The van der Waals surface area contributed by atoms with Crippen LogP contribution in [0.2, 0.25) is 5.02 Å². The van der Waals surface area contributed by atoms with Crippen LogP contribution < -0.4 is 0 Å². The Hall–Kier alpha value is -1.47. The van der Waals surface area contributed by atoms with Gasteiger partial charge in [0.15, 0.2) is 5.78 Å². The molecule has 15 heavy (non-hydrogen) atoms. The maximum absolute atomic E-state index is 12.3. The lowest BCUT2D eigenvalue weighted by atomic mass is 10.0. The fourth-order valence-electron chi connectivity index (χ4n) is 1.20. The minimum absolute atomic E-state index is 0.0106. The lowest BCUT2D eigenvalue weighted by Gasteiger charge is -2.06. The molecule has 1 aromatic carbocycles. The number of alkyl halides is 2. The molecule has 0 radical (unpaired) electrons. The van der Waals surface area contributed by atoms with Crippen LogP contribution in [0.3, 0.4) is 0 Å². The van der Waals surface area contributed by atoms with Crippen molar-refractivity contribution in [1.82, 2.24) is 0 Å². The number of hydrogen-bond donors (Lipinski definition) is 0. The van der Waals surface area contributed by atoms with Crippen molar-refractivity contribution < 1.29 is 13.6 Å². The lowest BCUT2D eigenvalue weighted by molar-refractivity contribution is 0.101. The molecule has 0 unspecified atom stereocenters. The SMILES string of the molecule is CC(=O)c1c(Cl)cc(C(F)F)cc1C#N. The lowest BCUT2D eigenvalue weighted by Crippen LogP contribution is -2.00. The van der Waals surface area contributed by atoms with Gasteiger partial charge in [0.25, 0.3) is 6.43 Å². The van der Waals surface area contributed by atoms with Crippen LogP contribution in [0.25, 0.3) is 0 Å². The minimum Gasteiger partial charge on any atom is -0.294 e. The molecule has 0 fully saturated rings. The van der Waals surface area contributed by atoms with E-state index in [9.17, 15) is 13.6 Å². The molecule has 0 N–H and O–H groups in total. The van der Waals surface area contributed by atoms with Crippen LogP contribution in [0, 0.1) is 11.3 Å². The molecule has 1 aromatic rings. The van der Waals surface area contributed by atoms with Gasteiger partial charge in [0.05, 0.1) is 22.2 Å². The Morgan fingerprint density at radius 3 is 2.53 bits per heavy atom. The number of Topliss-reactive ketones (excluding diaryl/α,β-unsaturated/α-hetero) is 1. The standard InChI is InChI=1S/C10H6ClF2NO/c1-5(15)9-7(4-14)2-6(10(12)13)3-8(9)11/h2-3,10H,1H3. The van der Waals surface area contributed by atoms with E-state index < -0.39 is 12.2 Å². The van der Waals surface area contributed by atoms with Crippen LogP contribution in [0.4, 0.5) is 8.78 Å². The summed E-state index contributed by atoms with van der Waals surface area (Å²) in [6.45, 7) is 1.23. The van der Waals surface area contributed by atoms with Crippen LogP contribution >= 0.6 is 11.6 Å². The van der Waals surface area contributed by atoms with Crippen molar-refractivity contribution in [2.24, 2.45) is 0 Å². The largest absolute Gasteiger partial charge is 0.294 e. The maximum Gasteiger partial charge on any atom is 0.263 e. The van der Waals surface area contributed by atoms with E-state index in [1.807, 2.05) is 0 Å². The third-order valence-corrected chi connectivity index (χ3v) is 2.14. The molecule has 0 aromatic heterocycles. The molecule has 78 valence electrons. The van der Waals surface area contributed by atoms with Gasteiger partial charge >= 0.3 is 0 Å². The number of carbonyl (C=O) groups excluding carboxylic acids is 1. The van der Waals surface area contributed by atoms with E-state index in [0.717, 1.165) is 12.1 Å². The molecule has 0 saturated heterocycles. The van der Waals surface area contributed by atoms with Gasteiger partial charge < -0.3 is 0 Å². The fraction of sp³-hybridized carbons (Fsp3) is 0.200. The summed E-state index contributed by atoms with van der Waals surface area (Å²) in [5.74, 6) is -0.419. The van der Waals surface area contributed by atoms with Crippen LogP contribution in [-0.4, -0.2) is 5.78 Å². The van der Waals surface area contributed by atoms with Gasteiger partial charge in [0, 0.05) is 5.56 Å². The van der Waals surface area contributed by atoms with E-state index >= 15 is 0 Å². The molecule has 0 bridgehead atoms. The van der Waals surface area contributed by atoms with Crippen molar-refractivity contribution >= 4 is 17.4 Å². The van der Waals surface area contributed by atoms with Crippen molar-refractivity contribution in [3.63, 3.8) is 0 Å².